The molecule has 33 heavy (non-hydrogen) atoms. The van der Waals surface area contributed by atoms with E-state index >= 15 is 0 Å². The number of nitrogens with zero attached hydrogens (tertiary/aromatic N) is 2. The van der Waals surface area contributed by atoms with Crippen molar-refractivity contribution in [2.75, 3.05) is 11.2 Å². The number of H-pyrrole nitrogens is 1. The number of nitrogens with one attached hydrogen (secondary N) is 3. The molecule has 4 rings (SSSR count). The van der Waals surface area contributed by atoms with Gasteiger partial charge in [-0.2, -0.15) is 5.10 Å². The third kappa shape index (κ3) is 4.59. The van der Waals surface area contributed by atoms with Gasteiger partial charge < -0.3 is 32.1 Å². The number of amidine groups is 1. The Balaban J connectivity index is 1.76. The lowest BCUT2D eigenvalue weighted by Gasteiger charge is -2.18. The molecule has 2 aromatic carbocycles. The van der Waals surface area contributed by atoms with Crippen molar-refractivity contribution in [2.45, 2.75) is 31.8 Å². The van der Waals surface area contributed by atoms with Crippen molar-refractivity contribution >= 4 is 17.3 Å². The van der Waals surface area contributed by atoms with E-state index in [2.05, 4.69) is 25.9 Å². The van der Waals surface area contributed by atoms with Gasteiger partial charge in [0.05, 0.1) is 11.7 Å². The van der Waals surface area contributed by atoms with Gasteiger partial charge in [0.2, 0.25) is 0 Å². The zero-order valence-corrected chi connectivity index (χ0v) is 18.0. The predicted molar refractivity (Wildman–Crippen MR) is 129 cm³/mol. The molecule has 3 aromatic rings. The maximum Gasteiger partial charge on any atom is 0.276 e. The molecule has 172 valence electrons. The maximum atomic E-state index is 12.3. The lowest BCUT2D eigenvalue weighted by atomic mass is 10.0. The molecule has 0 atom stereocenters. The zero-order valence-electron chi connectivity index (χ0n) is 18.0. The van der Waals surface area contributed by atoms with Crippen molar-refractivity contribution in [3.8, 4) is 28.3 Å². The molecule has 1 fully saturated rings. The number of hydrazone groups is 1. The first-order valence-corrected chi connectivity index (χ1v) is 10.6. The van der Waals surface area contributed by atoms with E-state index in [1.54, 1.807) is 0 Å². The van der Waals surface area contributed by atoms with Gasteiger partial charge in [-0.25, -0.2) is 16.7 Å². The van der Waals surface area contributed by atoms with Crippen LogP contribution in [0.3, 0.4) is 0 Å². The monoisotopic (exact) mass is 449 g/mol. The Hall–Kier alpha value is -4.09. The molecule has 1 heterocycles. The minimum Gasteiger partial charge on any atom is -0.490 e. The second-order valence-corrected chi connectivity index (χ2v) is 7.76. The van der Waals surface area contributed by atoms with Crippen molar-refractivity contribution in [2.24, 2.45) is 22.6 Å². The number of anilines is 2. The molecular weight excluding hydrogens is 422 g/mol. The summed E-state index contributed by atoms with van der Waals surface area (Å²) < 4.78 is 6.36. The van der Waals surface area contributed by atoms with E-state index in [0.717, 1.165) is 42.4 Å². The Morgan fingerprint density at radius 2 is 1.79 bits per heavy atom. The van der Waals surface area contributed by atoms with Gasteiger partial charge in [0.1, 0.15) is 17.3 Å². The van der Waals surface area contributed by atoms with E-state index in [1.165, 1.54) is 0 Å². The first-order chi connectivity index (χ1) is 16.0. The summed E-state index contributed by atoms with van der Waals surface area (Å²) in [5, 5.41) is 3.62. The molecule has 11 nitrogen and oxygen atoms in total. The van der Waals surface area contributed by atoms with Gasteiger partial charge in [-0.15, -0.1) is 0 Å². The molecule has 0 spiro atoms. The third-order valence-corrected chi connectivity index (χ3v) is 5.68. The molecule has 1 aromatic heterocycles. The smallest absolute Gasteiger partial charge is 0.276 e. The molecule has 0 saturated heterocycles. The number of hydrazine groups is 2. The summed E-state index contributed by atoms with van der Waals surface area (Å²) in [6.07, 6.45) is 4.31. The first-order valence-electron chi connectivity index (χ1n) is 10.6. The number of nitrogens with two attached hydrogens (primary N) is 4. The van der Waals surface area contributed by atoms with Crippen molar-refractivity contribution in [1.82, 2.24) is 15.4 Å². The standard InChI is InChI=1S/C22H27N9O2/c23-18-21(31-26)27-20(28-22(18)32)16-10-9-14(11-17(16)33-15-3-1-2-4-15)12-5-7-13(8-6-12)19(29-24)30-25/h5-11,15H,1-4,23-26H2,(H,29,30)(H2,27,28,31,32). The van der Waals surface area contributed by atoms with Crippen molar-refractivity contribution in [3.63, 3.8) is 0 Å². The number of rotatable bonds is 6. The van der Waals surface area contributed by atoms with Crippen LogP contribution in [-0.2, 0) is 0 Å². The summed E-state index contributed by atoms with van der Waals surface area (Å²) in [5.41, 5.74) is 13.3. The van der Waals surface area contributed by atoms with Crippen molar-refractivity contribution in [1.29, 1.82) is 0 Å². The minimum absolute atomic E-state index is 0.0800. The van der Waals surface area contributed by atoms with E-state index in [4.69, 9.17) is 28.0 Å². The average Bonchev–Trinajstić information content (AvgIpc) is 3.35. The van der Waals surface area contributed by atoms with Crippen LogP contribution in [0.15, 0.2) is 52.4 Å². The van der Waals surface area contributed by atoms with Gasteiger partial charge in [-0.1, -0.05) is 30.3 Å². The number of hydrogen-bond acceptors (Lipinski definition) is 9. The highest BCUT2D eigenvalue weighted by Gasteiger charge is 2.21. The Morgan fingerprint density at radius 3 is 2.42 bits per heavy atom. The number of aromatic nitrogens is 2. The Labute approximate surface area is 190 Å². The second-order valence-electron chi connectivity index (χ2n) is 7.76. The Morgan fingerprint density at radius 1 is 1.09 bits per heavy atom. The largest absolute Gasteiger partial charge is 0.490 e. The Bertz CT molecular complexity index is 1220. The fraction of sp³-hybridized carbons (Fsp3) is 0.227. The summed E-state index contributed by atoms with van der Waals surface area (Å²) >= 11 is 0. The lowest BCUT2D eigenvalue weighted by molar-refractivity contribution is 0.211. The van der Waals surface area contributed by atoms with Gasteiger partial charge in [0.25, 0.3) is 5.56 Å². The van der Waals surface area contributed by atoms with E-state index in [-0.39, 0.29) is 17.6 Å². The highest BCUT2D eigenvalue weighted by Crippen LogP contribution is 2.36. The molecular formula is C22H27N9O2. The maximum absolute atomic E-state index is 12.3. The molecule has 0 amide bonds. The topological polar surface area (TPSA) is 195 Å². The SMILES string of the molecule is N/N=C(\NN)c1ccc(-c2ccc(-c3nc(NN)c(N)c(=O)[nH]3)c(OC3CCCC3)c2)cc1. The first kappa shape index (κ1) is 22.1. The minimum atomic E-state index is -0.481. The van der Waals surface area contributed by atoms with Crippen LogP contribution in [0.2, 0.25) is 0 Å². The number of ether oxygens (including phenoxy) is 1. The number of hydrogen-bond donors (Lipinski definition) is 7. The summed E-state index contributed by atoms with van der Waals surface area (Å²) in [6, 6.07) is 13.3. The average molecular weight is 450 g/mol. The second kappa shape index (κ2) is 9.59. The van der Waals surface area contributed by atoms with Gasteiger partial charge in [-0.05, 0) is 48.9 Å². The van der Waals surface area contributed by atoms with Gasteiger partial charge >= 0.3 is 0 Å². The number of aromatic amines is 1. The zero-order chi connectivity index (χ0) is 23.4. The molecule has 1 saturated carbocycles. The van der Waals surface area contributed by atoms with Gasteiger partial charge in [0, 0.05) is 5.56 Å². The summed E-state index contributed by atoms with van der Waals surface area (Å²) in [6.45, 7) is 0. The van der Waals surface area contributed by atoms with Crippen LogP contribution in [0.5, 0.6) is 5.75 Å². The van der Waals surface area contributed by atoms with Crippen LogP contribution in [-0.4, -0.2) is 21.9 Å². The molecule has 0 aliphatic heterocycles. The van der Waals surface area contributed by atoms with E-state index in [1.807, 2.05) is 42.5 Å². The Kier molecular flexibility index (Phi) is 6.43. The van der Waals surface area contributed by atoms with Crippen LogP contribution in [0.1, 0.15) is 31.2 Å². The predicted octanol–water partition coefficient (Wildman–Crippen LogP) is 1.38. The van der Waals surface area contributed by atoms with Gasteiger partial charge in [0.15, 0.2) is 11.7 Å². The molecule has 11 heteroatoms. The number of benzene rings is 2. The van der Waals surface area contributed by atoms with E-state index in [0.29, 0.717) is 23.0 Å². The van der Waals surface area contributed by atoms with Crippen LogP contribution in [0.25, 0.3) is 22.5 Å². The van der Waals surface area contributed by atoms with E-state index in [9.17, 15) is 4.79 Å². The normalized spacial score (nSPS) is 14.3. The van der Waals surface area contributed by atoms with Crippen LogP contribution >= 0.6 is 0 Å². The third-order valence-electron chi connectivity index (χ3n) is 5.68. The van der Waals surface area contributed by atoms with Crippen molar-refractivity contribution in [3.05, 3.63) is 58.4 Å². The molecule has 0 radical (unpaired) electrons. The summed E-state index contributed by atoms with van der Waals surface area (Å²) in [4.78, 5) is 19.4. The van der Waals surface area contributed by atoms with Crippen molar-refractivity contribution < 1.29 is 4.74 Å². The van der Waals surface area contributed by atoms with Crippen LogP contribution in [0.4, 0.5) is 11.5 Å². The molecule has 0 unspecified atom stereocenters. The van der Waals surface area contributed by atoms with Crippen LogP contribution in [0, 0.1) is 0 Å². The fourth-order valence-corrected chi connectivity index (χ4v) is 3.92. The molecule has 0 bridgehead atoms. The molecule has 1 aliphatic rings. The highest BCUT2D eigenvalue weighted by molar-refractivity contribution is 5.98. The fourth-order valence-electron chi connectivity index (χ4n) is 3.92. The quantitative estimate of drug-likeness (QED) is 0.126. The molecule has 1 aliphatic carbocycles. The summed E-state index contributed by atoms with van der Waals surface area (Å²) in [5.74, 6) is 17.7. The summed E-state index contributed by atoms with van der Waals surface area (Å²) in [7, 11) is 0. The number of nitrogen functional groups attached to an aromatic ring is 2. The van der Waals surface area contributed by atoms with Crippen LogP contribution < -0.4 is 44.4 Å². The lowest BCUT2D eigenvalue weighted by Crippen LogP contribution is -2.31. The van der Waals surface area contributed by atoms with Gasteiger partial charge in [-0.3, -0.25) is 4.79 Å². The molecule has 11 N–H and O–H groups in total. The highest BCUT2D eigenvalue weighted by atomic mass is 16.5. The van der Waals surface area contributed by atoms with E-state index < -0.39 is 5.56 Å².